The van der Waals surface area contributed by atoms with E-state index in [4.69, 9.17) is 0 Å². The van der Waals surface area contributed by atoms with Gasteiger partial charge in [-0.15, -0.1) is 0 Å². The topological polar surface area (TPSA) is 85.9 Å². The summed E-state index contributed by atoms with van der Waals surface area (Å²) in [6.45, 7) is 5.60. The highest BCUT2D eigenvalue weighted by molar-refractivity contribution is 5.47. The second-order valence-corrected chi connectivity index (χ2v) is 4.69. The summed E-state index contributed by atoms with van der Waals surface area (Å²) in [6.07, 6.45) is 5.03. The van der Waals surface area contributed by atoms with E-state index in [1.54, 1.807) is 6.20 Å². The number of aryl methyl sites for hydroxylation is 1. The van der Waals surface area contributed by atoms with Crippen LogP contribution in [-0.2, 0) is 13.0 Å². The average molecular weight is 289 g/mol. The number of nitro groups is 1. The van der Waals surface area contributed by atoms with E-state index in [-0.39, 0.29) is 5.69 Å². The molecule has 0 spiro atoms. The number of imidazole rings is 1. The zero-order chi connectivity index (χ0) is 15.2. The number of aromatic nitrogens is 3. The summed E-state index contributed by atoms with van der Waals surface area (Å²) in [6, 6.07) is 2.97. The van der Waals surface area contributed by atoms with E-state index in [9.17, 15) is 10.1 Å². The predicted molar refractivity (Wildman–Crippen MR) is 80.4 cm³/mol. The minimum atomic E-state index is -0.394. The Bertz CT molecular complexity index is 624. The summed E-state index contributed by atoms with van der Waals surface area (Å²) in [5.41, 5.74) is 0.692. The Morgan fingerprint density at radius 2 is 2.19 bits per heavy atom. The van der Waals surface area contributed by atoms with Crippen molar-refractivity contribution in [2.45, 2.75) is 33.2 Å². The highest BCUT2D eigenvalue weighted by atomic mass is 16.6. The number of rotatable bonds is 7. The number of nitrogens with zero attached hydrogens (tertiary/aromatic N) is 4. The van der Waals surface area contributed by atoms with Crippen LogP contribution in [0.5, 0.6) is 0 Å². The van der Waals surface area contributed by atoms with Gasteiger partial charge >= 0.3 is 0 Å². The van der Waals surface area contributed by atoms with Crippen molar-refractivity contribution in [1.29, 1.82) is 0 Å². The smallest absolute Gasteiger partial charge is 0.274 e. The van der Waals surface area contributed by atoms with Gasteiger partial charge in [-0.05, 0) is 13.3 Å². The SMILES string of the molecule is CCCNc1cc([N+](=O)[O-])cc(Cc2nccn2CC)n1. The van der Waals surface area contributed by atoms with Gasteiger partial charge in [0, 0.05) is 38.0 Å². The maximum Gasteiger partial charge on any atom is 0.274 e. The lowest BCUT2D eigenvalue weighted by Crippen LogP contribution is -2.07. The van der Waals surface area contributed by atoms with Crippen molar-refractivity contribution in [1.82, 2.24) is 14.5 Å². The first-order chi connectivity index (χ1) is 10.1. The van der Waals surface area contributed by atoms with E-state index in [0.717, 1.165) is 25.3 Å². The summed E-state index contributed by atoms with van der Waals surface area (Å²) in [4.78, 5) is 19.4. The standard InChI is InChI=1S/C14H19N5O2/c1-3-5-15-13-10-12(19(20)21)8-11(17-13)9-14-16-6-7-18(14)4-2/h6-8,10H,3-5,9H2,1-2H3,(H,15,17). The van der Waals surface area contributed by atoms with Crippen molar-refractivity contribution in [3.63, 3.8) is 0 Å². The van der Waals surface area contributed by atoms with Crippen LogP contribution in [0, 0.1) is 10.1 Å². The van der Waals surface area contributed by atoms with E-state index in [1.807, 2.05) is 24.6 Å². The Hall–Kier alpha value is -2.44. The van der Waals surface area contributed by atoms with Crippen LogP contribution in [-0.4, -0.2) is 26.0 Å². The van der Waals surface area contributed by atoms with Crippen LogP contribution in [0.4, 0.5) is 11.5 Å². The summed E-state index contributed by atoms with van der Waals surface area (Å²) in [5, 5.41) is 14.1. The van der Waals surface area contributed by atoms with Crippen LogP contribution in [0.25, 0.3) is 0 Å². The van der Waals surface area contributed by atoms with Crippen molar-refractivity contribution >= 4 is 11.5 Å². The molecule has 112 valence electrons. The average Bonchev–Trinajstić information content (AvgIpc) is 2.92. The molecule has 0 aliphatic rings. The number of nitrogens with one attached hydrogen (secondary N) is 1. The second-order valence-electron chi connectivity index (χ2n) is 4.69. The van der Waals surface area contributed by atoms with Crippen molar-refractivity contribution < 1.29 is 4.92 Å². The molecule has 0 unspecified atom stereocenters. The second kappa shape index (κ2) is 6.83. The zero-order valence-electron chi connectivity index (χ0n) is 12.2. The third kappa shape index (κ3) is 3.77. The van der Waals surface area contributed by atoms with E-state index >= 15 is 0 Å². The molecule has 0 fully saturated rings. The minimum absolute atomic E-state index is 0.0493. The van der Waals surface area contributed by atoms with Crippen LogP contribution in [0.2, 0.25) is 0 Å². The molecule has 0 aromatic carbocycles. The van der Waals surface area contributed by atoms with Gasteiger partial charge in [0.2, 0.25) is 0 Å². The molecule has 0 saturated heterocycles. The highest BCUT2D eigenvalue weighted by Gasteiger charge is 2.13. The molecule has 7 heteroatoms. The van der Waals surface area contributed by atoms with Crippen LogP contribution in [0.3, 0.4) is 0 Å². The fourth-order valence-corrected chi connectivity index (χ4v) is 2.07. The Balaban J connectivity index is 2.29. The Morgan fingerprint density at radius 1 is 1.38 bits per heavy atom. The van der Waals surface area contributed by atoms with Gasteiger partial charge in [0.1, 0.15) is 11.6 Å². The fourth-order valence-electron chi connectivity index (χ4n) is 2.07. The van der Waals surface area contributed by atoms with Crippen molar-refractivity contribution in [3.8, 4) is 0 Å². The minimum Gasteiger partial charge on any atom is -0.370 e. The molecule has 0 aliphatic carbocycles. The third-order valence-electron chi connectivity index (χ3n) is 3.11. The molecule has 21 heavy (non-hydrogen) atoms. The van der Waals surface area contributed by atoms with Crippen LogP contribution >= 0.6 is 0 Å². The predicted octanol–water partition coefficient (Wildman–Crippen LogP) is 2.62. The molecule has 7 nitrogen and oxygen atoms in total. The van der Waals surface area contributed by atoms with Crippen molar-refractivity contribution in [3.05, 3.63) is 46.2 Å². The molecule has 1 N–H and O–H groups in total. The molecule has 2 aromatic rings. The third-order valence-corrected chi connectivity index (χ3v) is 3.11. The van der Waals surface area contributed by atoms with E-state index in [2.05, 4.69) is 15.3 Å². The van der Waals surface area contributed by atoms with Gasteiger partial charge in [-0.25, -0.2) is 9.97 Å². The molecule has 0 aliphatic heterocycles. The number of anilines is 1. The fraction of sp³-hybridized carbons (Fsp3) is 0.429. The number of hydrogen-bond donors (Lipinski definition) is 1. The van der Waals surface area contributed by atoms with Gasteiger partial charge in [0.15, 0.2) is 0 Å². The van der Waals surface area contributed by atoms with Crippen molar-refractivity contribution in [2.75, 3.05) is 11.9 Å². The van der Waals surface area contributed by atoms with E-state index in [1.165, 1.54) is 12.1 Å². The summed E-state index contributed by atoms with van der Waals surface area (Å²) >= 11 is 0. The van der Waals surface area contributed by atoms with Gasteiger partial charge in [0.05, 0.1) is 16.7 Å². The monoisotopic (exact) mass is 289 g/mol. The van der Waals surface area contributed by atoms with Gasteiger partial charge in [-0.2, -0.15) is 0 Å². The first-order valence-corrected chi connectivity index (χ1v) is 7.03. The van der Waals surface area contributed by atoms with E-state index in [0.29, 0.717) is 17.9 Å². The molecular formula is C14H19N5O2. The zero-order valence-corrected chi connectivity index (χ0v) is 12.2. The molecule has 0 atom stereocenters. The summed E-state index contributed by atoms with van der Waals surface area (Å²) < 4.78 is 2.00. The normalized spacial score (nSPS) is 10.6. The van der Waals surface area contributed by atoms with Gasteiger partial charge in [-0.1, -0.05) is 6.92 Å². The summed E-state index contributed by atoms with van der Waals surface area (Å²) in [7, 11) is 0. The molecule has 2 rings (SSSR count). The van der Waals surface area contributed by atoms with E-state index < -0.39 is 4.92 Å². The van der Waals surface area contributed by atoms with Crippen LogP contribution < -0.4 is 5.32 Å². The maximum absolute atomic E-state index is 11.0. The van der Waals surface area contributed by atoms with Gasteiger partial charge in [-0.3, -0.25) is 10.1 Å². The summed E-state index contributed by atoms with van der Waals surface area (Å²) in [5.74, 6) is 1.39. The molecule has 2 aromatic heterocycles. The Labute approximate surface area is 123 Å². The van der Waals surface area contributed by atoms with Crippen LogP contribution in [0.1, 0.15) is 31.8 Å². The first-order valence-electron chi connectivity index (χ1n) is 7.03. The molecule has 0 amide bonds. The molecule has 0 radical (unpaired) electrons. The lowest BCUT2D eigenvalue weighted by molar-refractivity contribution is -0.384. The highest BCUT2D eigenvalue weighted by Crippen LogP contribution is 2.19. The Morgan fingerprint density at radius 3 is 2.86 bits per heavy atom. The first kappa shape index (κ1) is 15.0. The largest absolute Gasteiger partial charge is 0.370 e. The molecule has 0 saturated carbocycles. The lowest BCUT2D eigenvalue weighted by Gasteiger charge is -2.08. The molecular weight excluding hydrogens is 270 g/mol. The Kier molecular flexibility index (Phi) is 4.86. The quantitative estimate of drug-likeness (QED) is 0.625. The van der Waals surface area contributed by atoms with Gasteiger partial charge in [0.25, 0.3) is 5.69 Å². The lowest BCUT2D eigenvalue weighted by atomic mass is 10.2. The van der Waals surface area contributed by atoms with Crippen molar-refractivity contribution in [2.24, 2.45) is 0 Å². The van der Waals surface area contributed by atoms with Crippen LogP contribution in [0.15, 0.2) is 24.5 Å². The number of pyridine rings is 1. The molecule has 0 bridgehead atoms. The molecule has 2 heterocycles. The number of hydrogen-bond acceptors (Lipinski definition) is 5. The maximum atomic E-state index is 11.0. The van der Waals surface area contributed by atoms with Gasteiger partial charge < -0.3 is 9.88 Å².